The standard InChI is InChI=1S/C21H22ClNO3/c22-18-12-15(13-19-21(18)26-11-10-25-19)14-20(24)23-8-6-17(7-9-23)16-4-2-1-3-5-16/h1-5,12-13,17H,6-11,14H2. The predicted molar refractivity (Wildman–Crippen MR) is 101 cm³/mol. The van der Waals surface area contributed by atoms with E-state index in [4.69, 9.17) is 21.1 Å². The third-order valence-corrected chi connectivity index (χ3v) is 5.41. The Labute approximate surface area is 158 Å². The first kappa shape index (κ1) is 17.2. The van der Waals surface area contributed by atoms with Crippen LogP contribution in [0.4, 0.5) is 0 Å². The minimum atomic E-state index is 0.143. The van der Waals surface area contributed by atoms with Gasteiger partial charge in [0.25, 0.3) is 0 Å². The minimum absolute atomic E-state index is 0.143. The molecule has 1 fully saturated rings. The number of piperidine rings is 1. The molecule has 4 rings (SSSR count). The zero-order chi connectivity index (χ0) is 17.9. The van der Waals surface area contributed by atoms with Crippen molar-refractivity contribution in [2.24, 2.45) is 0 Å². The number of benzene rings is 2. The molecule has 5 heteroatoms. The van der Waals surface area contributed by atoms with Gasteiger partial charge in [0.15, 0.2) is 11.5 Å². The molecule has 1 saturated heterocycles. The van der Waals surface area contributed by atoms with E-state index in [0.717, 1.165) is 31.5 Å². The van der Waals surface area contributed by atoms with Crippen molar-refractivity contribution in [3.63, 3.8) is 0 Å². The molecule has 0 N–H and O–H groups in total. The second kappa shape index (κ2) is 7.58. The fourth-order valence-electron chi connectivity index (χ4n) is 3.74. The second-order valence-corrected chi connectivity index (χ2v) is 7.25. The summed E-state index contributed by atoms with van der Waals surface area (Å²) in [4.78, 5) is 14.7. The van der Waals surface area contributed by atoms with Gasteiger partial charge in [-0.2, -0.15) is 0 Å². The molecule has 2 aliphatic heterocycles. The van der Waals surface area contributed by atoms with E-state index in [9.17, 15) is 4.79 Å². The number of ether oxygens (including phenoxy) is 2. The highest BCUT2D eigenvalue weighted by Crippen LogP contribution is 2.38. The van der Waals surface area contributed by atoms with Gasteiger partial charge in [-0.1, -0.05) is 41.9 Å². The molecule has 2 aromatic rings. The van der Waals surface area contributed by atoms with Crippen LogP contribution in [0.2, 0.25) is 5.02 Å². The lowest BCUT2D eigenvalue weighted by Crippen LogP contribution is -2.38. The van der Waals surface area contributed by atoms with Crippen LogP contribution in [-0.4, -0.2) is 37.1 Å². The molecule has 26 heavy (non-hydrogen) atoms. The molecule has 0 aliphatic carbocycles. The summed E-state index contributed by atoms with van der Waals surface area (Å²) in [5.41, 5.74) is 2.24. The van der Waals surface area contributed by atoms with Crippen molar-refractivity contribution in [3.8, 4) is 11.5 Å². The normalized spacial score (nSPS) is 17.2. The molecule has 0 bridgehead atoms. The Morgan fingerprint density at radius 1 is 1.08 bits per heavy atom. The number of fused-ring (bicyclic) bond motifs is 1. The highest BCUT2D eigenvalue weighted by molar-refractivity contribution is 6.32. The summed E-state index contributed by atoms with van der Waals surface area (Å²) < 4.78 is 11.1. The Morgan fingerprint density at radius 3 is 2.58 bits per heavy atom. The van der Waals surface area contributed by atoms with E-state index in [2.05, 4.69) is 24.3 Å². The summed E-state index contributed by atoms with van der Waals surface area (Å²) in [7, 11) is 0. The maximum absolute atomic E-state index is 12.7. The lowest BCUT2D eigenvalue weighted by molar-refractivity contribution is -0.131. The molecular weight excluding hydrogens is 350 g/mol. The highest BCUT2D eigenvalue weighted by atomic mass is 35.5. The molecule has 0 spiro atoms. The minimum Gasteiger partial charge on any atom is -0.486 e. The molecule has 136 valence electrons. The summed E-state index contributed by atoms with van der Waals surface area (Å²) >= 11 is 6.27. The average molecular weight is 372 g/mol. The van der Waals surface area contributed by atoms with Crippen LogP contribution >= 0.6 is 11.6 Å². The van der Waals surface area contributed by atoms with Crippen LogP contribution in [0.5, 0.6) is 11.5 Å². The molecule has 0 saturated carbocycles. The number of halogens is 1. The summed E-state index contributed by atoms with van der Waals surface area (Å²) in [6.45, 7) is 2.61. The first-order valence-electron chi connectivity index (χ1n) is 9.11. The van der Waals surface area contributed by atoms with Crippen molar-refractivity contribution in [1.29, 1.82) is 0 Å². The predicted octanol–water partition coefficient (Wildman–Crippen LogP) is 4.06. The van der Waals surface area contributed by atoms with E-state index < -0.39 is 0 Å². The van der Waals surface area contributed by atoms with Gasteiger partial charge in [-0.05, 0) is 42.0 Å². The first-order valence-corrected chi connectivity index (χ1v) is 9.49. The molecule has 2 heterocycles. The third-order valence-electron chi connectivity index (χ3n) is 5.13. The Balaban J connectivity index is 1.38. The van der Waals surface area contributed by atoms with Crippen LogP contribution in [0, 0.1) is 0 Å². The van der Waals surface area contributed by atoms with Crippen molar-refractivity contribution >= 4 is 17.5 Å². The van der Waals surface area contributed by atoms with Crippen molar-refractivity contribution in [2.75, 3.05) is 26.3 Å². The van der Waals surface area contributed by atoms with E-state index in [0.29, 0.717) is 42.1 Å². The van der Waals surface area contributed by atoms with E-state index in [1.807, 2.05) is 23.1 Å². The molecule has 4 nitrogen and oxygen atoms in total. The van der Waals surface area contributed by atoms with Crippen molar-refractivity contribution in [3.05, 3.63) is 58.6 Å². The Bertz CT molecular complexity index is 785. The first-order chi connectivity index (χ1) is 12.7. The van der Waals surface area contributed by atoms with Gasteiger partial charge in [-0.25, -0.2) is 0 Å². The van der Waals surface area contributed by atoms with Gasteiger partial charge in [0.2, 0.25) is 5.91 Å². The van der Waals surface area contributed by atoms with E-state index in [-0.39, 0.29) is 5.91 Å². The van der Waals surface area contributed by atoms with Gasteiger partial charge in [0, 0.05) is 13.1 Å². The molecule has 0 atom stereocenters. The van der Waals surface area contributed by atoms with E-state index in [1.54, 1.807) is 0 Å². The van der Waals surface area contributed by atoms with Gasteiger partial charge < -0.3 is 14.4 Å². The molecule has 0 aromatic heterocycles. The lowest BCUT2D eigenvalue weighted by Gasteiger charge is -2.32. The Morgan fingerprint density at radius 2 is 1.81 bits per heavy atom. The number of likely N-dealkylation sites (tertiary alicyclic amines) is 1. The maximum atomic E-state index is 12.7. The Kier molecular flexibility index (Phi) is 5.02. The summed E-state index contributed by atoms with van der Waals surface area (Å²) in [5, 5.41) is 0.507. The lowest BCUT2D eigenvalue weighted by atomic mass is 9.89. The number of rotatable bonds is 3. The van der Waals surface area contributed by atoms with E-state index in [1.165, 1.54) is 5.56 Å². The van der Waals surface area contributed by atoms with Crippen LogP contribution in [0.3, 0.4) is 0 Å². The van der Waals surface area contributed by atoms with Crippen LogP contribution in [0.15, 0.2) is 42.5 Å². The largest absolute Gasteiger partial charge is 0.486 e. The number of carbonyl (C=O) groups is 1. The molecule has 2 aromatic carbocycles. The molecule has 2 aliphatic rings. The summed E-state index contributed by atoms with van der Waals surface area (Å²) in [6, 6.07) is 14.2. The van der Waals surface area contributed by atoms with Gasteiger partial charge in [0.1, 0.15) is 13.2 Å². The number of amides is 1. The molecule has 0 unspecified atom stereocenters. The van der Waals surface area contributed by atoms with Gasteiger partial charge >= 0.3 is 0 Å². The fourth-order valence-corrected chi connectivity index (χ4v) is 4.03. The Hall–Kier alpha value is -2.20. The van der Waals surface area contributed by atoms with Gasteiger partial charge in [-0.3, -0.25) is 4.79 Å². The monoisotopic (exact) mass is 371 g/mol. The van der Waals surface area contributed by atoms with Crippen LogP contribution in [0.1, 0.15) is 29.9 Å². The smallest absolute Gasteiger partial charge is 0.226 e. The van der Waals surface area contributed by atoms with Crippen molar-refractivity contribution in [1.82, 2.24) is 4.90 Å². The van der Waals surface area contributed by atoms with E-state index >= 15 is 0 Å². The van der Waals surface area contributed by atoms with Crippen molar-refractivity contribution in [2.45, 2.75) is 25.2 Å². The molecule has 0 radical (unpaired) electrons. The quantitative estimate of drug-likeness (QED) is 0.816. The number of nitrogens with zero attached hydrogens (tertiary/aromatic N) is 1. The SMILES string of the molecule is O=C(Cc1cc(Cl)c2c(c1)OCCO2)N1CCC(c2ccccc2)CC1. The number of carbonyl (C=O) groups excluding carboxylic acids is 1. The van der Waals surface area contributed by atoms with Crippen LogP contribution < -0.4 is 9.47 Å². The van der Waals surface area contributed by atoms with Crippen LogP contribution in [-0.2, 0) is 11.2 Å². The van der Waals surface area contributed by atoms with Crippen molar-refractivity contribution < 1.29 is 14.3 Å². The zero-order valence-electron chi connectivity index (χ0n) is 14.6. The zero-order valence-corrected chi connectivity index (χ0v) is 15.4. The number of hydrogen-bond acceptors (Lipinski definition) is 3. The topological polar surface area (TPSA) is 38.8 Å². The number of hydrogen-bond donors (Lipinski definition) is 0. The van der Waals surface area contributed by atoms with Crippen LogP contribution in [0.25, 0.3) is 0 Å². The maximum Gasteiger partial charge on any atom is 0.226 e. The summed E-state index contributed by atoms with van der Waals surface area (Å²) in [6.07, 6.45) is 2.36. The third kappa shape index (κ3) is 3.65. The van der Waals surface area contributed by atoms with Gasteiger partial charge in [0.05, 0.1) is 11.4 Å². The molecular formula is C21H22ClNO3. The summed E-state index contributed by atoms with van der Waals surface area (Å²) in [5.74, 6) is 1.90. The fraction of sp³-hybridized carbons (Fsp3) is 0.381. The molecule has 1 amide bonds. The average Bonchev–Trinajstić information content (AvgIpc) is 2.69. The highest BCUT2D eigenvalue weighted by Gasteiger charge is 2.24. The van der Waals surface area contributed by atoms with Gasteiger partial charge in [-0.15, -0.1) is 0 Å². The second-order valence-electron chi connectivity index (χ2n) is 6.84.